The Kier molecular flexibility index (Phi) is 3.89. The van der Waals surface area contributed by atoms with Crippen LogP contribution in [0.1, 0.15) is 5.56 Å². The monoisotopic (exact) mass is 287 g/mol. The van der Waals surface area contributed by atoms with Crippen molar-refractivity contribution in [3.05, 3.63) is 47.9 Å². The van der Waals surface area contributed by atoms with E-state index < -0.39 is 24.5 Å². The van der Waals surface area contributed by atoms with Gasteiger partial charge in [0, 0.05) is 11.1 Å². The fraction of sp³-hybridized carbons (Fsp3) is 0.154. The molecule has 1 aromatic carbocycles. The van der Waals surface area contributed by atoms with Gasteiger partial charge in [0.25, 0.3) is 0 Å². The molecule has 7 heteroatoms. The molecule has 0 radical (unpaired) electrons. The molecule has 1 aromatic heterocycles. The number of rotatable bonds is 3. The molecule has 0 spiro atoms. The van der Waals surface area contributed by atoms with Gasteiger partial charge in [0.1, 0.15) is 11.6 Å². The van der Waals surface area contributed by atoms with Crippen LogP contribution < -0.4 is 4.74 Å². The summed E-state index contributed by atoms with van der Waals surface area (Å²) in [5, 5.41) is 8.97. The van der Waals surface area contributed by atoms with Crippen molar-refractivity contribution in [3.8, 4) is 17.0 Å². The van der Waals surface area contributed by atoms with Crippen LogP contribution in [0.25, 0.3) is 11.3 Å². The van der Waals surface area contributed by atoms with E-state index >= 15 is 0 Å². The third kappa shape index (κ3) is 3.24. The van der Waals surface area contributed by atoms with Crippen LogP contribution in [0.2, 0.25) is 0 Å². The summed E-state index contributed by atoms with van der Waals surface area (Å²) >= 11 is 0. The average Bonchev–Trinajstić information content (AvgIpc) is 2.38. The molecule has 2 rings (SSSR count). The molecule has 3 nitrogen and oxygen atoms in total. The largest absolute Gasteiger partial charge is 0.573 e. The summed E-state index contributed by atoms with van der Waals surface area (Å²) in [6.45, 7) is -0.580. The van der Waals surface area contributed by atoms with Crippen LogP contribution in [0.3, 0.4) is 0 Å². The second kappa shape index (κ2) is 5.46. The number of benzene rings is 1. The van der Waals surface area contributed by atoms with Gasteiger partial charge in [-0.2, -0.15) is 0 Å². The zero-order valence-corrected chi connectivity index (χ0v) is 9.99. The Hall–Kier alpha value is -2.15. The number of hydrogen-bond acceptors (Lipinski definition) is 3. The zero-order valence-electron chi connectivity index (χ0n) is 9.99. The molecule has 0 fully saturated rings. The summed E-state index contributed by atoms with van der Waals surface area (Å²) in [5.41, 5.74) is 0.0756. The predicted octanol–water partition coefficient (Wildman–Crippen LogP) is 3.28. The van der Waals surface area contributed by atoms with Gasteiger partial charge in [-0.15, -0.1) is 13.2 Å². The first kappa shape index (κ1) is 14.3. The number of hydrogen-bond donors (Lipinski definition) is 1. The molecule has 20 heavy (non-hydrogen) atoms. The molecule has 0 atom stereocenters. The molecule has 0 amide bonds. The van der Waals surface area contributed by atoms with E-state index in [1.54, 1.807) is 0 Å². The Morgan fingerprint density at radius 1 is 1.20 bits per heavy atom. The Labute approximate surface area is 111 Å². The van der Waals surface area contributed by atoms with Gasteiger partial charge in [-0.3, -0.25) is 4.98 Å². The molecule has 106 valence electrons. The van der Waals surface area contributed by atoms with Crippen LogP contribution in [0.15, 0.2) is 36.5 Å². The molecule has 2 aromatic rings. The number of alkyl halides is 3. The van der Waals surface area contributed by atoms with Crippen LogP contribution in [0.5, 0.6) is 5.75 Å². The highest BCUT2D eigenvalue weighted by Crippen LogP contribution is 2.33. The number of nitrogens with zero attached hydrogens (tertiary/aromatic N) is 1. The first-order valence-electron chi connectivity index (χ1n) is 5.51. The van der Waals surface area contributed by atoms with Crippen molar-refractivity contribution in [1.29, 1.82) is 0 Å². The van der Waals surface area contributed by atoms with Gasteiger partial charge in [0.15, 0.2) is 0 Å². The molecular formula is C13H9F4NO2. The van der Waals surface area contributed by atoms with Crippen molar-refractivity contribution in [1.82, 2.24) is 4.98 Å². The van der Waals surface area contributed by atoms with Gasteiger partial charge in [0.05, 0.1) is 18.5 Å². The predicted molar refractivity (Wildman–Crippen MR) is 62.2 cm³/mol. The summed E-state index contributed by atoms with van der Waals surface area (Å²) in [4.78, 5) is 3.71. The van der Waals surface area contributed by atoms with Crippen LogP contribution in [-0.4, -0.2) is 16.5 Å². The molecule has 1 N–H and O–H groups in total. The van der Waals surface area contributed by atoms with Gasteiger partial charge in [-0.05, 0) is 18.2 Å². The minimum Gasteiger partial charge on any atom is -0.405 e. The van der Waals surface area contributed by atoms with E-state index in [2.05, 4.69) is 9.72 Å². The topological polar surface area (TPSA) is 42.4 Å². The molecule has 0 aliphatic heterocycles. The Balaban J connectivity index is 2.47. The van der Waals surface area contributed by atoms with Gasteiger partial charge in [-0.1, -0.05) is 12.1 Å². The van der Waals surface area contributed by atoms with E-state index in [4.69, 9.17) is 5.11 Å². The van der Waals surface area contributed by atoms with Crippen molar-refractivity contribution < 1.29 is 27.4 Å². The summed E-state index contributed by atoms with van der Waals surface area (Å²) in [6, 6.07) is 6.55. The van der Waals surface area contributed by atoms with E-state index in [-0.39, 0.29) is 16.8 Å². The Morgan fingerprint density at radius 3 is 2.55 bits per heavy atom. The molecule has 0 aliphatic rings. The number of aliphatic hydroxyl groups is 1. The highest BCUT2D eigenvalue weighted by atomic mass is 19.4. The smallest absolute Gasteiger partial charge is 0.405 e. The second-order valence-electron chi connectivity index (χ2n) is 3.86. The maximum Gasteiger partial charge on any atom is 0.573 e. The Bertz CT molecular complexity index is 614. The number of aliphatic hydroxyl groups excluding tert-OH is 1. The Morgan fingerprint density at radius 2 is 1.90 bits per heavy atom. The standard InChI is InChI=1S/C13H9F4NO2/c14-10-6-18-11(5-8(10)7-19)9-3-1-2-4-12(9)20-13(15,16)17/h1-6,19H,7H2. The van der Waals surface area contributed by atoms with Crippen LogP contribution in [0, 0.1) is 5.82 Å². The number of para-hydroxylation sites is 1. The number of ether oxygens (including phenoxy) is 1. The number of aromatic nitrogens is 1. The molecule has 0 unspecified atom stereocenters. The van der Waals surface area contributed by atoms with E-state index in [9.17, 15) is 17.6 Å². The van der Waals surface area contributed by atoms with Crippen LogP contribution in [-0.2, 0) is 6.61 Å². The van der Waals surface area contributed by atoms with Crippen LogP contribution in [0.4, 0.5) is 17.6 Å². The minimum absolute atomic E-state index is 0.0551. The molecule has 0 saturated carbocycles. The summed E-state index contributed by atoms with van der Waals surface area (Å²) in [6.07, 6.45) is -4.00. The van der Waals surface area contributed by atoms with Crippen molar-refractivity contribution in [2.24, 2.45) is 0 Å². The minimum atomic E-state index is -4.84. The summed E-state index contributed by atoms with van der Waals surface area (Å²) in [7, 11) is 0. The van der Waals surface area contributed by atoms with E-state index in [1.807, 2.05) is 0 Å². The molecule has 0 bridgehead atoms. The van der Waals surface area contributed by atoms with Crippen molar-refractivity contribution >= 4 is 0 Å². The lowest BCUT2D eigenvalue weighted by atomic mass is 10.1. The fourth-order valence-electron chi connectivity index (χ4n) is 1.64. The van der Waals surface area contributed by atoms with Crippen LogP contribution >= 0.6 is 0 Å². The zero-order chi connectivity index (χ0) is 14.8. The first-order chi connectivity index (χ1) is 9.40. The van der Waals surface area contributed by atoms with Gasteiger partial charge in [0.2, 0.25) is 0 Å². The second-order valence-corrected chi connectivity index (χ2v) is 3.86. The van der Waals surface area contributed by atoms with Gasteiger partial charge < -0.3 is 9.84 Å². The molecule has 1 heterocycles. The highest BCUT2D eigenvalue weighted by molar-refractivity contribution is 5.67. The fourth-order valence-corrected chi connectivity index (χ4v) is 1.64. The van der Waals surface area contributed by atoms with Gasteiger partial charge >= 0.3 is 6.36 Å². The lowest BCUT2D eigenvalue weighted by molar-refractivity contribution is -0.274. The van der Waals surface area contributed by atoms with Crippen molar-refractivity contribution in [2.45, 2.75) is 13.0 Å². The quantitative estimate of drug-likeness (QED) is 0.881. The molecule has 0 aliphatic carbocycles. The maximum atomic E-state index is 13.2. The maximum absolute atomic E-state index is 13.2. The lowest BCUT2D eigenvalue weighted by Gasteiger charge is -2.13. The van der Waals surface area contributed by atoms with Crippen molar-refractivity contribution in [3.63, 3.8) is 0 Å². The third-order valence-corrected chi connectivity index (χ3v) is 2.49. The van der Waals surface area contributed by atoms with E-state index in [0.717, 1.165) is 12.3 Å². The summed E-state index contributed by atoms with van der Waals surface area (Å²) < 4.78 is 54.0. The lowest BCUT2D eigenvalue weighted by Crippen LogP contribution is -2.17. The summed E-state index contributed by atoms with van der Waals surface area (Å²) in [5.74, 6) is -1.17. The number of halogens is 4. The molecular weight excluding hydrogens is 278 g/mol. The first-order valence-corrected chi connectivity index (χ1v) is 5.51. The van der Waals surface area contributed by atoms with Gasteiger partial charge in [-0.25, -0.2) is 4.39 Å². The highest BCUT2D eigenvalue weighted by Gasteiger charge is 2.32. The third-order valence-electron chi connectivity index (χ3n) is 2.49. The SMILES string of the molecule is OCc1cc(-c2ccccc2OC(F)(F)F)ncc1F. The average molecular weight is 287 g/mol. The normalized spacial score (nSPS) is 11.4. The van der Waals surface area contributed by atoms with E-state index in [0.29, 0.717) is 0 Å². The van der Waals surface area contributed by atoms with Crippen molar-refractivity contribution in [2.75, 3.05) is 0 Å². The van der Waals surface area contributed by atoms with E-state index in [1.165, 1.54) is 24.3 Å². The number of pyridine rings is 1. The molecule has 0 saturated heterocycles.